The van der Waals surface area contributed by atoms with E-state index in [0.29, 0.717) is 11.4 Å². The second-order valence-electron chi connectivity index (χ2n) is 5.81. The predicted molar refractivity (Wildman–Crippen MR) is 78.6 cm³/mol. The van der Waals surface area contributed by atoms with Crippen molar-refractivity contribution in [3.8, 4) is 11.5 Å². The van der Waals surface area contributed by atoms with Crippen LogP contribution in [0, 0.1) is 6.92 Å². The molecule has 2 rings (SSSR count). The summed E-state index contributed by atoms with van der Waals surface area (Å²) in [5, 5.41) is 0. The Morgan fingerprint density at radius 1 is 1.11 bits per heavy atom. The summed E-state index contributed by atoms with van der Waals surface area (Å²) < 4.78 is 5.93. The first-order valence-corrected chi connectivity index (χ1v) is 6.36. The SMILES string of the molecule is Cc1ccc(Oc2cncc(N)c2)c(C(C)(C)C)c1. The van der Waals surface area contributed by atoms with E-state index in [1.807, 2.05) is 12.1 Å². The van der Waals surface area contributed by atoms with Crippen LogP contribution in [0.2, 0.25) is 0 Å². The molecule has 2 aromatic rings. The third-order valence-corrected chi connectivity index (χ3v) is 2.91. The van der Waals surface area contributed by atoms with Gasteiger partial charge in [0, 0.05) is 11.6 Å². The number of rotatable bonds is 2. The quantitative estimate of drug-likeness (QED) is 0.881. The molecule has 0 aliphatic heterocycles. The summed E-state index contributed by atoms with van der Waals surface area (Å²) in [6, 6.07) is 7.98. The van der Waals surface area contributed by atoms with Gasteiger partial charge < -0.3 is 10.5 Å². The lowest BCUT2D eigenvalue weighted by molar-refractivity contribution is 0.453. The van der Waals surface area contributed by atoms with Gasteiger partial charge in [-0.3, -0.25) is 4.98 Å². The number of ether oxygens (including phenoxy) is 1. The fraction of sp³-hybridized carbons (Fsp3) is 0.312. The number of aryl methyl sites for hydroxylation is 1. The van der Waals surface area contributed by atoms with Crippen LogP contribution in [0.3, 0.4) is 0 Å². The van der Waals surface area contributed by atoms with Crippen LogP contribution in [0.15, 0.2) is 36.7 Å². The Hall–Kier alpha value is -2.03. The Labute approximate surface area is 114 Å². The van der Waals surface area contributed by atoms with Crippen LogP contribution < -0.4 is 10.5 Å². The van der Waals surface area contributed by atoms with E-state index in [2.05, 4.69) is 38.7 Å². The number of nitrogens with zero attached hydrogens (tertiary/aromatic N) is 1. The van der Waals surface area contributed by atoms with Crippen LogP contribution in [-0.2, 0) is 5.41 Å². The molecule has 0 saturated carbocycles. The molecule has 1 aromatic carbocycles. The average Bonchev–Trinajstić information content (AvgIpc) is 2.30. The first-order chi connectivity index (χ1) is 8.86. The van der Waals surface area contributed by atoms with Crippen molar-refractivity contribution in [3.63, 3.8) is 0 Å². The summed E-state index contributed by atoms with van der Waals surface area (Å²) in [7, 11) is 0. The van der Waals surface area contributed by atoms with E-state index in [9.17, 15) is 0 Å². The maximum absolute atomic E-state index is 5.93. The highest BCUT2D eigenvalue weighted by atomic mass is 16.5. The second-order valence-corrected chi connectivity index (χ2v) is 5.81. The number of hydrogen-bond donors (Lipinski definition) is 1. The topological polar surface area (TPSA) is 48.1 Å². The molecule has 1 heterocycles. The fourth-order valence-corrected chi connectivity index (χ4v) is 1.94. The molecule has 0 spiro atoms. The minimum absolute atomic E-state index is 0.0229. The maximum atomic E-state index is 5.93. The molecule has 0 aliphatic rings. The zero-order valence-electron chi connectivity index (χ0n) is 11.9. The summed E-state index contributed by atoms with van der Waals surface area (Å²) in [5.74, 6) is 1.51. The van der Waals surface area contributed by atoms with Crippen molar-refractivity contribution in [2.45, 2.75) is 33.1 Å². The number of pyridine rings is 1. The van der Waals surface area contributed by atoms with E-state index in [0.717, 1.165) is 5.75 Å². The van der Waals surface area contributed by atoms with Crippen molar-refractivity contribution < 1.29 is 4.74 Å². The van der Waals surface area contributed by atoms with Crippen LogP contribution in [0.4, 0.5) is 5.69 Å². The first kappa shape index (κ1) is 13.4. The van der Waals surface area contributed by atoms with Gasteiger partial charge in [0.1, 0.15) is 11.5 Å². The van der Waals surface area contributed by atoms with Gasteiger partial charge in [0.05, 0.1) is 18.1 Å². The highest BCUT2D eigenvalue weighted by Gasteiger charge is 2.19. The number of aromatic nitrogens is 1. The Balaban J connectivity index is 2.40. The van der Waals surface area contributed by atoms with Crippen molar-refractivity contribution in [1.82, 2.24) is 4.98 Å². The van der Waals surface area contributed by atoms with Gasteiger partial charge in [0.2, 0.25) is 0 Å². The van der Waals surface area contributed by atoms with E-state index >= 15 is 0 Å². The number of nitrogens with two attached hydrogens (primary N) is 1. The Kier molecular flexibility index (Phi) is 3.47. The smallest absolute Gasteiger partial charge is 0.147 e. The summed E-state index contributed by atoms with van der Waals surface area (Å²) in [6.07, 6.45) is 3.27. The van der Waals surface area contributed by atoms with E-state index in [-0.39, 0.29) is 5.41 Å². The van der Waals surface area contributed by atoms with Crippen molar-refractivity contribution in [3.05, 3.63) is 47.8 Å². The molecule has 100 valence electrons. The Bertz CT molecular complexity index is 586. The molecule has 3 nitrogen and oxygen atoms in total. The Morgan fingerprint density at radius 3 is 2.47 bits per heavy atom. The number of hydrogen-bond acceptors (Lipinski definition) is 3. The molecule has 0 radical (unpaired) electrons. The van der Waals surface area contributed by atoms with Crippen LogP contribution in [0.5, 0.6) is 11.5 Å². The maximum Gasteiger partial charge on any atom is 0.147 e. The van der Waals surface area contributed by atoms with Gasteiger partial charge in [-0.25, -0.2) is 0 Å². The normalized spacial score (nSPS) is 11.4. The van der Waals surface area contributed by atoms with Crippen molar-refractivity contribution in [2.24, 2.45) is 0 Å². The molecular weight excluding hydrogens is 236 g/mol. The summed E-state index contributed by atoms with van der Waals surface area (Å²) >= 11 is 0. The standard InChI is InChI=1S/C16H20N2O/c1-11-5-6-15(14(7-11)16(2,3)4)19-13-8-12(17)9-18-10-13/h5-10H,17H2,1-4H3. The van der Waals surface area contributed by atoms with Crippen LogP contribution >= 0.6 is 0 Å². The third kappa shape index (κ3) is 3.25. The van der Waals surface area contributed by atoms with Gasteiger partial charge in [0.25, 0.3) is 0 Å². The molecule has 0 bridgehead atoms. The number of anilines is 1. The zero-order chi connectivity index (χ0) is 14.0. The van der Waals surface area contributed by atoms with Gasteiger partial charge >= 0.3 is 0 Å². The fourth-order valence-electron chi connectivity index (χ4n) is 1.94. The van der Waals surface area contributed by atoms with Crippen LogP contribution in [-0.4, -0.2) is 4.98 Å². The second kappa shape index (κ2) is 4.92. The van der Waals surface area contributed by atoms with Crippen molar-refractivity contribution in [1.29, 1.82) is 0 Å². The molecular formula is C16H20N2O. The zero-order valence-corrected chi connectivity index (χ0v) is 11.9. The first-order valence-electron chi connectivity index (χ1n) is 6.36. The van der Waals surface area contributed by atoms with E-state index in [1.165, 1.54) is 11.1 Å². The molecule has 0 atom stereocenters. The molecule has 0 amide bonds. The van der Waals surface area contributed by atoms with Gasteiger partial charge in [0.15, 0.2) is 0 Å². The molecule has 2 N–H and O–H groups in total. The summed E-state index contributed by atoms with van der Waals surface area (Å²) in [5.41, 5.74) is 8.74. The molecule has 3 heteroatoms. The lowest BCUT2D eigenvalue weighted by atomic mass is 9.85. The van der Waals surface area contributed by atoms with Crippen molar-refractivity contribution in [2.75, 3.05) is 5.73 Å². The van der Waals surface area contributed by atoms with Crippen LogP contribution in [0.25, 0.3) is 0 Å². The number of benzene rings is 1. The lowest BCUT2D eigenvalue weighted by Gasteiger charge is -2.23. The lowest BCUT2D eigenvalue weighted by Crippen LogP contribution is -2.12. The van der Waals surface area contributed by atoms with Crippen molar-refractivity contribution >= 4 is 5.69 Å². The molecule has 19 heavy (non-hydrogen) atoms. The summed E-state index contributed by atoms with van der Waals surface area (Å²) in [4.78, 5) is 4.04. The predicted octanol–water partition coefficient (Wildman–Crippen LogP) is 4.06. The number of nitrogen functional groups attached to an aromatic ring is 1. The van der Waals surface area contributed by atoms with E-state index in [1.54, 1.807) is 18.5 Å². The van der Waals surface area contributed by atoms with E-state index < -0.39 is 0 Å². The monoisotopic (exact) mass is 256 g/mol. The third-order valence-electron chi connectivity index (χ3n) is 2.91. The highest BCUT2D eigenvalue weighted by Crippen LogP contribution is 2.34. The molecule has 0 fully saturated rings. The molecule has 0 unspecified atom stereocenters. The van der Waals surface area contributed by atoms with Gasteiger partial charge in [-0.1, -0.05) is 38.5 Å². The van der Waals surface area contributed by atoms with Gasteiger partial charge in [-0.2, -0.15) is 0 Å². The highest BCUT2D eigenvalue weighted by molar-refractivity contribution is 5.46. The molecule has 1 aromatic heterocycles. The molecule has 0 saturated heterocycles. The minimum Gasteiger partial charge on any atom is -0.455 e. The minimum atomic E-state index is 0.0229. The van der Waals surface area contributed by atoms with E-state index in [4.69, 9.17) is 10.5 Å². The van der Waals surface area contributed by atoms with Gasteiger partial charge in [-0.05, 0) is 18.4 Å². The summed E-state index contributed by atoms with van der Waals surface area (Å²) in [6.45, 7) is 8.60. The average molecular weight is 256 g/mol. The molecule has 0 aliphatic carbocycles. The Morgan fingerprint density at radius 2 is 1.84 bits per heavy atom. The van der Waals surface area contributed by atoms with Crippen LogP contribution in [0.1, 0.15) is 31.9 Å². The largest absolute Gasteiger partial charge is 0.455 e. The van der Waals surface area contributed by atoms with Gasteiger partial charge in [-0.15, -0.1) is 0 Å².